The number of nitrogens with two attached hydrogens (primary N) is 2. The molecule has 0 unspecified atom stereocenters. The standard InChI is InChI=1S/C6H16O3Si.CH4N2S/c1-4-7-10(8-5-2)9-6-3;2-1(3)4/h10H,4-6H2,1-3H3;(H4,2,3,4). The first-order chi connectivity index (χ1) is 6.58. The molecule has 0 saturated heterocycles. The third-order valence-electron chi connectivity index (χ3n) is 0.908. The van der Waals surface area contributed by atoms with Crippen molar-refractivity contribution in [1.29, 1.82) is 0 Å². The van der Waals surface area contributed by atoms with Crippen molar-refractivity contribution in [3.8, 4) is 0 Å². The van der Waals surface area contributed by atoms with Crippen LogP contribution in [0.4, 0.5) is 0 Å². The predicted molar refractivity (Wildman–Crippen MR) is 63.0 cm³/mol. The molecular weight excluding hydrogens is 220 g/mol. The van der Waals surface area contributed by atoms with Gasteiger partial charge in [0.25, 0.3) is 0 Å². The Kier molecular flexibility index (Phi) is 14.8. The zero-order chi connectivity index (χ0) is 11.4. The van der Waals surface area contributed by atoms with Crippen LogP contribution in [0.15, 0.2) is 0 Å². The maximum atomic E-state index is 5.22. The van der Waals surface area contributed by atoms with E-state index < -0.39 is 9.53 Å². The van der Waals surface area contributed by atoms with Crippen LogP contribution in [0.1, 0.15) is 20.8 Å². The lowest BCUT2D eigenvalue weighted by Gasteiger charge is -2.12. The van der Waals surface area contributed by atoms with Crippen molar-refractivity contribution in [1.82, 2.24) is 0 Å². The van der Waals surface area contributed by atoms with Gasteiger partial charge in [0.2, 0.25) is 0 Å². The topological polar surface area (TPSA) is 79.7 Å². The first-order valence-corrected chi connectivity index (χ1v) is 6.30. The fourth-order valence-corrected chi connectivity index (χ4v) is 1.66. The van der Waals surface area contributed by atoms with Crippen molar-refractivity contribution in [3.05, 3.63) is 0 Å². The molecule has 0 aliphatic heterocycles. The van der Waals surface area contributed by atoms with Crippen LogP contribution in [0, 0.1) is 0 Å². The molecule has 4 N–H and O–H groups in total. The predicted octanol–water partition coefficient (Wildman–Crippen LogP) is 0.00180. The number of hydrogen-bond donors (Lipinski definition) is 2. The van der Waals surface area contributed by atoms with E-state index in [4.69, 9.17) is 13.3 Å². The molecule has 0 saturated carbocycles. The molecule has 14 heavy (non-hydrogen) atoms. The molecule has 0 amide bonds. The summed E-state index contributed by atoms with van der Waals surface area (Å²) in [5.74, 6) is 0. The molecule has 0 aromatic carbocycles. The largest absolute Gasteiger partial charge is 0.484 e. The highest BCUT2D eigenvalue weighted by Crippen LogP contribution is 1.90. The summed E-state index contributed by atoms with van der Waals surface area (Å²) in [5.41, 5.74) is 9.24. The summed E-state index contributed by atoms with van der Waals surface area (Å²) in [6.07, 6.45) is 0. The Labute approximate surface area is 92.7 Å². The van der Waals surface area contributed by atoms with E-state index in [1.165, 1.54) is 0 Å². The van der Waals surface area contributed by atoms with Crippen LogP contribution >= 0.6 is 12.2 Å². The van der Waals surface area contributed by atoms with E-state index in [1.54, 1.807) is 0 Å². The van der Waals surface area contributed by atoms with E-state index in [0.29, 0.717) is 19.8 Å². The SMILES string of the molecule is CCO[SiH](OCC)OCC.NC(N)=S. The van der Waals surface area contributed by atoms with Crippen LogP contribution in [-0.4, -0.2) is 34.5 Å². The highest BCUT2D eigenvalue weighted by atomic mass is 32.1. The van der Waals surface area contributed by atoms with Crippen LogP contribution in [0.3, 0.4) is 0 Å². The summed E-state index contributed by atoms with van der Waals surface area (Å²) < 4.78 is 15.7. The van der Waals surface area contributed by atoms with Crippen LogP contribution in [0.5, 0.6) is 0 Å². The molecule has 0 bridgehead atoms. The van der Waals surface area contributed by atoms with Crippen molar-refractivity contribution >= 4 is 26.9 Å². The molecule has 86 valence electrons. The molecule has 0 aliphatic carbocycles. The normalized spacial score (nSPS) is 9.43. The third-order valence-corrected chi connectivity index (χ3v) is 2.72. The average Bonchev–Trinajstić information content (AvgIpc) is 2.04. The van der Waals surface area contributed by atoms with Crippen molar-refractivity contribution in [3.63, 3.8) is 0 Å². The van der Waals surface area contributed by atoms with E-state index in [9.17, 15) is 0 Å². The minimum Gasteiger partial charge on any atom is -0.377 e. The van der Waals surface area contributed by atoms with Gasteiger partial charge in [-0.3, -0.25) is 0 Å². The molecule has 0 spiro atoms. The van der Waals surface area contributed by atoms with Gasteiger partial charge in [-0.2, -0.15) is 0 Å². The van der Waals surface area contributed by atoms with Crippen LogP contribution < -0.4 is 11.5 Å². The van der Waals surface area contributed by atoms with Gasteiger partial charge in [0.15, 0.2) is 5.11 Å². The Bertz CT molecular complexity index is 122. The minimum atomic E-state index is -1.73. The number of thiocarbonyl (C=S) groups is 1. The first-order valence-electron chi connectivity index (χ1n) is 4.48. The molecule has 0 atom stereocenters. The molecule has 7 heteroatoms. The Morgan fingerprint density at radius 2 is 1.21 bits per heavy atom. The van der Waals surface area contributed by atoms with Gasteiger partial charge in [0, 0.05) is 19.8 Å². The highest BCUT2D eigenvalue weighted by molar-refractivity contribution is 7.80. The lowest BCUT2D eigenvalue weighted by molar-refractivity contribution is 0.107. The minimum absolute atomic E-state index is 0.000000000000000222. The zero-order valence-corrected chi connectivity index (χ0v) is 11.0. The molecular formula is C7H20N2O3SSi. The first kappa shape index (κ1) is 16.2. The third kappa shape index (κ3) is 17.8. The second kappa shape index (κ2) is 12.8. The van der Waals surface area contributed by atoms with Crippen molar-refractivity contribution in [2.24, 2.45) is 11.5 Å². The maximum Gasteiger partial charge on any atom is 0.484 e. The summed E-state index contributed by atoms with van der Waals surface area (Å²) in [7, 11) is -1.73. The quantitative estimate of drug-likeness (QED) is 0.502. The van der Waals surface area contributed by atoms with Crippen molar-refractivity contribution in [2.75, 3.05) is 19.8 Å². The van der Waals surface area contributed by atoms with E-state index in [0.717, 1.165) is 0 Å². The van der Waals surface area contributed by atoms with E-state index in [2.05, 4.69) is 23.7 Å². The Hall–Kier alpha value is -0.213. The van der Waals surface area contributed by atoms with Gasteiger partial charge in [-0.25, -0.2) is 0 Å². The van der Waals surface area contributed by atoms with Gasteiger partial charge in [-0.1, -0.05) is 0 Å². The second-order valence-electron chi connectivity index (χ2n) is 2.06. The van der Waals surface area contributed by atoms with E-state index in [1.807, 2.05) is 20.8 Å². The van der Waals surface area contributed by atoms with Crippen LogP contribution in [-0.2, 0) is 13.3 Å². The van der Waals surface area contributed by atoms with Crippen molar-refractivity contribution < 1.29 is 13.3 Å². The summed E-state index contributed by atoms with van der Waals surface area (Å²) in [4.78, 5) is 0. The van der Waals surface area contributed by atoms with Gasteiger partial charge >= 0.3 is 9.53 Å². The molecule has 0 aromatic rings. The van der Waals surface area contributed by atoms with Gasteiger partial charge in [0.1, 0.15) is 0 Å². The van der Waals surface area contributed by atoms with Gasteiger partial charge in [0.05, 0.1) is 0 Å². The Balaban J connectivity index is 0. The molecule has 0 heterocycles. The maximum absolute atomic E-state index is 5.22. The molecule has 0 radical (unpaired) electrons. The fraction of sp³-hybridized carbons (Fsp3) is 0.857. The molecule has 0 aromatic heterocycles. The lowest BCUT2D eigenvalue weighted by Crippen LogP contribution is -2.27. The smallest absolute Gasteiger partial charge is 0.377 e. The monoisotopic (exact) mass is 240 g/mol. The molecule has 0 rings (SSSR count). The number of hydrogen-bond acceptors (Lipinski definition) is 4. The van der Waals surface area contributed by atoms with Crippen molar-refractivity contribution in [2.45, 2.75) is 20.8 Å². The van der Waals surface area contributed by atoms with Crippen LogP contribution in [0.2, 0.25) is 0 Å². The molecule has 0 aliphatic rings. The van der Waals surface area contributed by atoms with Gasteiger partial charge in [-0.05, 0) is 33.0 Å². The summed E-state index contributed by atoms with van der Waals surface area (Å²) in [6, 6.07) is 0. The van der Waals surface area contributed by atoms with Crippen LogP contribution in [0.25, 0.3) is 0 Å². The number of rotatable bonds is 6. The average molecular weight is 240 g/mol. The zero-order valence-electron chi connectivity index (χ0n) is 8.99. The Morgan fingerprint density at radius 3 is 1.36 bits per heavy atom. The summed E-state index contributed by atoms with van der Waals surface area (Å²) in [5, 5.41) is 0.000000000000000222. The fourth-order valence-electron chi connectivity index (χ4n) is 0.553. The summed E-state index contributed by atoms with van der Waals surface area (Å²) >= 11 is 4.09. The second-order valence-corrected chi connectivity index (χ2v) is 4.11. The van der Waals surface area contributed by atoms with Gasteiger partial charge < -0.3 is 24.7 Å². The molecule has 5 nitrogen and oxygen atoms in total. The molecule has 0 fully saturated rings. The summed E-state index contributed by atoms with van der Waals surface area (Å²) in [6.45, 7) is 7.86. The lowest BCUT2D eigenvalue weighted by atomic mass is 10.9. The van der Waals surface area contributed by atoms with E-state index >= 15 is 0 Å². The Morgan fingerprint density at radius 1 is 1.00 bits per heavy atom. The van der Waals surface area contributed by atoms with Gasteiger partial charge in [-0.15, -0.1) is 0 Å². The van der Waals surface area contributed by atoms with E-state index in [-0.39, 0.29) is 5.11 Å². The highest BCUT2D eigenvalue weighted by Gasteiger charge is 2.11.